The molecule has 3 heteroatoms. The summed E-state index contributed by atoms with van der Waals surface area (Å²) in [5.74, 6) is 1.79. The van der Waals surface area contributed by atoms with Crippen molar-refractivity contribution in [2.45, 2.75) is 38.1 Å². The van der Waals surface area contributed by atoms with E-state index in [4.69, 9.17) is 9.47 Å². The van der Waals surface area contributed by atoms with Crippen LogP contribution in [0.5, 0.6) is 11.5 Å². The summed E-state index contributed by atoms with van der Waals surface area (Å²) in [4.78, 5) is 0. The van der Waals surface area contributed by atoms with E-state index in [0.29, 0.717) is 12.6 Å². The van der Waals surface area contributed by atoms with Crippen LogP contribution in [0.3, 0.4) is 0 Å². The lowest BCUT2D eigenvalue weighted by Gasteiger charge is -2.14. The van der Waals surface area contributed by atoms with E-state index in [2.05, 4.69) is 11.9 Å². The second-order valence-electron chi connectivity index (χ2n) is 5.25. The Kier molecular flexibility index (Phi) is 5.93. The van der Waals surface area contributed by atoms with Crippen LogP contribution < -0.4 is 14.8 Å². The highest BCUT2D eigenvalue weighted by Crippen LogP contribution is 2.25. The van der Waals surface area contributed by atoms with Crippen molar-refractivity contribution in [2.24, 2.45) is 0 Å². The largest absolute Gasteiger partial charge is 0.497 e. The van der Waals surface area contributed by atoms with Crippen LogP contribution in [-0.4, -0.2) is 26.3 Å². The first-order valence-corrected chi connectivity index (χ1v) is 7.47. The quantitative estimate of drug-likeness (QED) is 0.583. The molecule has 2 rings (SSSR count). The summed E-state index contributed by atoms with van der Waals surface area (Å²) in [6.07, 6.45) is 8.02. The van der Waals surface area contributed by atoms with Crippen molar-refractivity contribution in [3.8, 4) is 11.5 Å². The Balaban J connectivity index is 1.82. The molecule has 1 fully saturated rings. The molecule has 1 saturated carbocycles. The SMILES string of the molecule is C=CCc1cc(OC)ccc1OCCNC1CCCC1. The van der Waals surface area contributed by atoms with Crippen LogP contribution in [0.15, 0.2) is 30.9 Å². The first-order chi connectivity index (χ1) is 9.83. The van der Waals surface area contributed by atoms with Gasteiger partial charge in [0.05, 0.1) is 7.11 Å². The predicted octanol–water partition coefficient (Wildman–Crippen LogP) is 3.33. The van der Waals surface area contributed by atoms with Crippen LogP contribution in [0.1, 0.15) is 31.2 Å². The van der Waals surface area contributed by atoms with E-state index >= 15 is 0 Å². The van der Waals surface area contributed by atoms with Crippen molar-refractivity contribution in [3.05, 3.63) is 36.4 Å². The fourth-order valence-corrected chi connectivity index (χ4v) is 2.69. The molecule has 1 N–H and O–H groups in total. The highest BCUT2D eigenvalue weighted by Gasteiger charge is 2.13. The smallest absolute Gasteiger partial charge is 0.123 e. The molecule has 0 spiro atoms. The van der Waals surface area contributed by atoms with Gasteiger partial charge < -0.3 is 14.8 Å². The Morgan fingerprint density at radius 2 is 2.15 bits per heavy atom. The molecule has 1 aromatic carbocycles. The molecular formula is C17H25NO2. The molecule has 0 heterocycles. The third-order valence-corrected chi connectivity index (χ3v) is 3.78. The number of nitrogens with one attached hydrogen (secondary N) is 1. The first-order valence-electron chi connectivity index (χ1n) is 7.47. The van der Waals surface area contributed by atoms with Crippen molar-refractivity contribution in [1.82, 2.24) is 5.32 Å². The van der Waals surface area contributed by atoms with Gasteiger partial charge in [0.2, 0.25) is 0 Å². The van der Waals surface area contributed by atoms with Crippen molar-refractivity contribution in [3.63, 3.8) is 0 Å². The minimum absolute atomic E-state index is 0.696. The van der Waals surface area contributed by atoms with Gasteiger partial charge in [-0.2, -0.15) is 0 Å². The first kappa shape index (κ1) is 14.9. The monoisotopic (exact) mass is 275 g/mol. The van der Waals surface area contributed by atoms with Gasteiger partial charge in [-0.15, -0.1) is 6.58 Å². The van der Waals surface area contributed by atoms with Crippen LogP contribution in [0.4, 0.5) is 0 Å². The van der Waals surface area contributed by atoms with Gasteiger partial charge in [-0.05, 0) is 37.5 Å². The molecule has 0 saturated heterocycles. The van der Waals surface area contributed by atoms with Gasteiger partial charge in [0.25, 0.3) is 0 Å². The second-order valence-corrected chi connectivity index (χ2v) is 5.25. The zero-order valence-electron chi connectivity index (χ0n) is 12.4. The van der Waals surface area contributed by atoms with Gasteiger partial charge in [0.15, 0.2) is 0 Å². The third kappa shape index (κ3) is 4.27. The zero-order valence-corrected chi connectivity index (χ0v) is 12.4. The highest BCUT2D eigenvalue weighted by molar-refractivity contribution is 5.41. The summed E-state index contributed by atoms with van der Waals surface area (Å²) in [6.45, 7) is 5.40. The summed E-state index contributed by atoms with van der Waals surface area (Å²) in [5.41, 5.74) is 1.13. The molecule has 1 aromatic rings. The normalized spacial score (nSPS) is 15.2. The number of benzene rings is 1. The number of hydrogen-bond acceptors (Lipinski definition) is 3. The minimum Gasteiger partial charge on any atom is -0.497 e. The van der Waals surface area contributed by atoms with Crippen LogP contribution in [0.2, 0.25) is 0 Å². The van der Waals surface area contributed by atoms with Crippen molar-refractivity contribution in [1.29, 1.82) is 0 Å². The molecular weight excluding hydrogens is 250 g/mol. The molecule has 110 valence electrons. The third-order valence-electron chi connectivity index (χ3n) is 3.78. The Hall–Kier alpha value is -1.48. The summed E-state index contributed by atoms with van der Waals surface area (Å²) < 4.78 is 11.1. The Morgan fingerprint density at radius 3 is 2.85 bits per heavy atom. The van der Waals surface area contributed by atoms with E-state index in [1.54, 1.807) is 7.11 Å². The van der Waals surface area contributed by atoms with E-state index in [0.717, 1.165) is 30.0 Å². The fraction of sp³-hybridized carbons (Fsp3) is 0.529. The number of hydrogen-bond donors (Lipinski definition) is 1. The van der Waals surface area contributed by atoms with Crippen LogP contribution in [0, 0.1) is 0 Å². The molecule has 1 aliphatic rings. The van der Waals surface area contributed by atoms with E-state index < -0.39 is 0 Å². The van der Waals surface area contributed by atoms with Gasteiger partial charge in [0, 0.05) is 18.2 Å². The average molecular weight is 275 g/mol. The molecule has 1 aliphatic carbocycles. The summed E-state index contributed by atoms with van der Waals surface area (Å²) >= 11 is 0. The lowest BCUT2D eigenvalue weighted by atomic mass is 10.1. The van der Waals surface area contributed by atoms with Gasteiger partial charge in [-0.1, -0.05) is 18.9 Å². The Morgan fingerprint density at radius 1 is 1.35 bits per heavy atom. The van der Waals surface area contributed by atoms with Gasteiger partial charge in [0.1, 0.15) is 18.1 Å². The molecule has 0 amide bonds. The van der Waals surface area contributed by atoms with Gasteiger partial charge in [-0.25, -0.2) is 0 Å². The van der Waals surface area contributed by atoms with Crippen LogP contribution in [-0.2, 0) is 6.42 Å². The number of ether oxygens (including phenoxy) is 2. The maximum Gasteiger partial charge on any atom is 0.123 e. The number of allylic oxidation sites excluding steroid dienone is 1. The van der Waals surface area contributed by atoms with Crippen molar-refractivity contribution >= 4 is 0 Å². The molecule has 20 heavy (non-hydrogen) atoms. The van der Waals surface area contributed by atoms with E-state index in [9.17, 15) is 0 Å². The zero-order chi connectivity index (χ0) is 14.2. The maximum atomic E-state index is 5.88. The molecule has 0 aromatic heterocycles. The van der Waals surface area contributed by atoms with Crippen molar-refractivity contribution < 1.29 is 9.47 Å². The number of methoxy groups -OCH3 is 1. The summed E-state index contributed by atoms with van der Waals surface area (Å²) in [6, 6.07) is 6.63. The molecule has 3 nitrogen and oxygen atoms in total. The van der Waals surface area contributed by atoms with Crippen LogP contribution in [0.25, 0.3) is 0 Å². The maximum absolute atomic E-state index is 5.88. The minimum atomic E-state index is 0.696. The molecule has 0 atom stereocenters. The van der Waals surface area contributed by atoms with Gasteiger partial charge in [-0.3, -0.25) is 0 Å². The highest BCUT2D eigenvalue weighted by atomic mass is 16.5. The van der Waals surface area contributed by atoms with Crippen LogP contribution >= 0.6 is 0 Å². The lowest BCUT2D eigenvalue weighted by Crippen LogP contribution is -2.30. The Bertz CT molecular complexity index is 425. The lowest BCUT2D eigenvalue weighted by molar-refractivity contribution is 0.302. The summed E-state index contributed by atoms with van der Waals surface area (Å²) in [5, 5.41) is 3.56. The predicted molar refractivity (Wildman–Crippen MR) is 82.6 cm³/mol. The van der Waals surface area contributed by atoms with Crippen molar-refractivity contribution in [2.75, 3.05) is 20.3 Å². The molecule has 0 aliphatic heterocycles. The standard InChI is InChI=1S/C17H25NO2/c1-3-6-14-13-16(19-2)9-10-17(14)20-12-11-18-15-7-4-5-8-15/h3,9-10,13,15,18H,1,4-8,11-12H2,2H3. The summed E-state index contributed by atoms with van der Waals surface area (Å²) in [7, 11) is 1.68. The number of rotatable bonds is 8. The fourth-order valence-electron chi connectivity index (χ4n) is 2.69. The van der Waals surface area contributed by atoms with E-state index in [1.807, 2.05) is 24.3 Å². The average Bonchev–Trinajstić information content (AvgIpc) is 2.98. The molecule has 0 unspecified atom stereocenters. The van der Waals surface area contributed by atoms with E-state index in [-0.39, 0.29) is 0 Å². The molecule has 0 bridgehead atoms. The Labute approximate surface area is 122 Å². The second kappa shape index (κ2) is 7.95. The van der Waals surface area contributed by atoms with Gasteiger partial charge >= 0.3 is 0 Å². The molecule has 0 radical (unpaired) electrons. The topological polar surface area (TPSA) is 30.5 Å². The van der Waals surface area contributed by atoms with E-state index in [1.165, 1.54) is 25.7 Å².